The third kappa shape index (κ3) is 4.32. The fraction of sp³-hybridized carbons (Fsp3) is 0.500. The van der Waals surface area contributed by atoms with Crippen LogP contribution in [0.5, 0.6) is 0 Å². The van der Waals surface area contributed by atoms with E-state index in [0.29, 0.717) is 6.54 Å². The molecule has 6 heteroatoms. The molecular weight excluding hydrogens is 341 g/mol. The molecule has 0 saturated carbocycles. The first kappa shape index (κ1) is 15.0. The Hall–Kier alpha value is -1.05. The summed E-state index contributed by atoms with van der Waals surface area (Å²) >= 11 is 0. The lowest BCUT2D eigenvalue weighted by atomic mass is 10.3. The molecule has 1 aromatic rings. The Balaban J connectivity index is 0.00000162. The Morgan fingerprint density at radius 2 is 2.22 bits per heavy atom. The normalized spacial score (nSPS) is 14.0. The lowest BCUT2D eigenvalue weighted by Crippen LogP contribution is -2.40. The first-order valence-corrected chi connectivity index (χ1v) is 5.91. The number of nitrogens with one attached hydrogen (secondary N) is 2. The Morgan fingerprint density at radius 3 is 2.89 bits per heavy atom. The van der Waals surface area contributed by atoms with Crippen LogP contribution in [0.1, 0.15) is 12.1 Å². The van der Waals surface area contributed by atoms with Crippen molar-refractivity contribution in [3.05, 3.63) is 23.9 Å². The van der Waals surface area contributed by atoms with Gasteiger partial charge < -0.3 is 15.5 Å². The standard InChI is InChI=1S/C12H19N5.HI/c1-17(2)11-6-3-5-10(16-11)9-15-12-13-7-4-8-14-12;/h3,5-6H,4,7-9H2,1-2H3,(H2,13,14,15);1H. The molecule has 0 unspecified atom stereocenters. The number of pyridine rings is 1. The SMILES string of the molecule is CN(C)c1cccc(CNC2=NCCCN2)n1.I. The number of aliphatic imine (C=N–C) groups is 1. The topological polar surface area (TPSA) is 52.5 Å². The van der Waals surface area contributed by atoms with Gasteiger partial charge in [-0.2, -0.15) is 0 Å². The first-order valence-electron chi connectivity index (χ1n) is 5.91. The van der Waals surface area contributed by atoms with Gasteiger partial charge in [0, 0.05) is 27.2 Å². The molecule has 2 N–H and O–H groups in total. The van der Waals surface area contributed by atoms with E-state index in [2.05, 4.69) is 20.6 Å². The van der Waals surface area contributed by atoms with Gasteiger partial charge in [-0.25, -0.2) is 4.98 Å². The maximum Gasteiger partial charge on any atom is 0.191 e. The number of halogens is 1. The molecule has 2 rings (SSSR count). The molecule has 0 fully saturated rings. The van der Waals surface area contributed by atoms with E-state index in [1.165, 1.54) is 0 Å². The van der Waals surface area contributed by atoms with Crippen LogP contribution < -0.4 is 15.5 Å². The van der Waals surface area contributed by atoms with Gasteiger partial charge in [-0.1, -0.05) is 6.07 Å². The Bertz CT molecular complexity index is 405. The van der Waals surface area contributed by atoms with Gasteiger partial charge in [0.2, 0.25) is 0 Å². The number of nitrogens with zero attached hydrogens (tertiary/aromatic N) is 3. The van der Waals surface area contributed by atoms with Crippen LogP contribution in [0.25, 0.3) is 0 Å². The van der Waals surface area contributed by atoms with Gasteiger partial charge in [-0.3, -0.25) is 4.99 Å². The number of rotatable bonds is 3. The highest BCUT2D eigenvalue weighted by molar-refractivity contribution is 14.0. The summed E-state index contributed by atoms with van der Waals surface area (Å²) in [7, 11) is 3.98. The van der Waals surface area contributed by atoms with Crippen LogP contribution in [-0.4, -0.2) is 38.1 Å². The van der Waals surface area contributed by atoms with E-state index in [-0.39, 0.29) is 24.0 Å². The Kier molecular flexibility index (Phi) is 6.17. The van der Waals surface area contributed by atoms with Crippen molar-refractivity contribution in [3.63, 3.8) is 0 Å². The molecule has 100 valence electrons. The van der Waals surface area contributed by atoms with Gasteiger partial charge in [0.1, 0.15) is 5.82 Å². The maximum atomic E-state index is 4.54. The van der Waals surface area contributed by atoms with Crippen LogP contribution in [-0.2, 0) is 6.54 Å². The fourth-order valence-corrected chi connectivity index (χ4v) is 1.64. The summed E-state index contributed by atoms with van der Waals surface area (Å²) in [6.07, 6.45) is 1.11. The minimum Gasteiger partial charge on any atom is -0.363 e. The zero-order valence-corrected chi connectivity index (χ0v) is 13.1. The Morgan fingerprint density at radius 1 is 1.39 bits per heavy atom. The number of aromatic nitrogens is 1. The molecule has 0 bridgehead atoms. The number of anilines is 1. The molecule has 0 atom stereocenters. The minimum atomic E-state index is 0. The van der Waals surface area contributed by atoms with Gasteiger partial charge in [0.05, 0.1) is 12.2 Å². The predicted octanol–water partition coefficient (Wildman–Crippen LogP) is 1.20. The molecule has 2 heterocycles. The van der Waals surface area contributed by atoms with E-state index in [9.17, 15) is 0 Å². The summed E-state index contributed by atoms with van der Waals surface area (Å²) in [4.78, 5) is 10.9. The van der Waals surface area contributed by atoms with Crippen molar-refractivity contribution >= 4 is 35.8 Å². The molecule has 1 aliphatic rings. The highest BCUT2D eigenvalue weighted by Crippen LogP contribution is 2.07. The van der Waals surface area contributed by atoms with Crippen molar-refractivity contribution in [1.82, 2.24) is 15.6 Å². The third-order valence-corrected chi connectivity index (χ3v) is 2.58. The van der Waals surface area contributed by atoms with Crippen LogP contribution in [0.4, 0.5) is 5.82 Å². The molecule has 1 aromatic heterocycles. The fourth-order valence-electron chi connectivity index (χ4n) is 1.64. The van der Waals surface area contributed by atoms with Crippen LogP contribution in [0, 0.1) is 0 Å². The molecular formula is C12H20IN5. The second-order valence-corrected chi connectivity index (χ2v) is 4.25. The lowest BCUT2D eigenvalue weighted by Gasteiger charge is -2.16. The van der Waals surface area contributed by atoms with Gasteiger partial charge in [0.15, 0.2) is 5.96 Å². The third-order valence-electron chi connectivity index (χ3n) is 2.58. The van der Waals surface area contributed by atoms with Gasteiger partial charge in [-0.05, 0) is 18.6 Å². The van der Waals surface area contributed by atoms with Crippen molar-refractivity contribution in [2.24, 2.45) is 4.99 Å². The average Bonchev–Trinajstić information content (AvgIpc) is 2.38. The average molecular weight is 361 g/mol. The number of hydrogen-bond acceptors (Lipinski definition) is 5. The van der Waals surface area contributed by atoms with E-state index in [1.807, 2.05) is 37.2 Å². The van der Waals surface area contributed by atoms with E-state index in [0.717, 1.165) is 37.0 Å². The zero-order valence-electron chi connectivity index (χ0n) is 10.8. The second kappa shape index (κ2) is 7.40. The summed E-state index contributed by atoms with van der Waals surface area (Å²) in [6.45, 7) is 2.60. The van der Waals surface area contributed by atoms with E-state index < -0.39 is 0 Å². The molecule has 18 heavy (non-hydrogen) atoms. The summed E-state index contributed by atoms with van der Waals surface area (Å²) < 4.78 is 0. The predicted molar refractivity (Wildman–Crippen MR) is 85.7 cm³/mol. The summed E-state index contributed by atoms with van der Waals surface area (Å²) in [5.41, 5.74) is 1.02. The van der Waals surface area contributed by atoms with E-state index >= 15 is 0 Å². The molecule has 0 spiro atoms. The van der Waals surface area contributed by atoms with Gasteiger partial charge in [0.25, 0.3) is 0 Å². The van der Waals surface area contributed by atoms with Crippen molar-refractivity contribution < 1.29 is 0 Å². The zero-order chi connectivity index (χ0) is 12.1. The van der Waals surface area contributed by atoms with E-state index in [1.54, 1.807) is 0 Å². The highest BCUT2D eigenvalue weighted by Gasteiger charge is 2.04. The van der Waals surface area contributed by atoms with Crippen LogP contribution >= 0.6 is 24.0 Å². The summed E-state index contributed by atoms with van der Waals surface area (Å²) in [5.74, 6) is 1.86. The molecule has 0 radical (unpaired) electrons. The first-order chi connectivity index (χ1) is 8.25. The molecule has 1 aliphatic heterocycles. The number of hydrogen-bond donors (Lipinski definition) is 2. The van der Waals surface area contributed by atoms with Crippen molar-refractivity contribution in [2.45, 2.75) is 13.0 Å². The van der Waals surface area contributed by atoms with Crippen LogP contribution in [0.3, 0.4) is 0 Å². The maximum absolute atomic E-state index is 4.54. The Labute approximate surface area is 125 Å². The monoisotopic (exact) mass is 361 g/mol. The lowest BCUT2D eigenvalue weighted by molar-refractivity contribution is 0.698. The smallest absolute Gasteiger partial charge is 0.191 e. The molecule has 0 aromatic carbocycles. The molecule has 0 amide bonds. The van der Waals surface area contributed by atoms with Crippen molar-refractivity contribution in [2.75, 3.05) is 32.1 Å². The largest absolute Gasteiger partial charge is 0.363 e. The highest BCUT2D eigenvalue weighted by atomic mass is 127. The molecule has 0 saturated heterocycles. The quantitative estimate of drug-likeness (QED) is 0.795. The van der Waals surface area contributed by atoms with Gasteiger partial charge in [-0.15, -0.1) is 24.0 Å². The number of guanidine groups is 1. The minimum absolute atomic E-state index is 0. The van der Waals surface area contributed by atoms with Crippen LogP contribution in [0.15, 0.2) is 23.2 Å². The summed E-state index contributed by atoms with van der Waals surface area (Å²) in [5, 5.41) is 6.49. The van der Waals surface area contributed by atoms with Crippen molar-refractivity contribution in [1.29, 1.82) is 0 Å². The van der Waals surface area contributed by atoms with E-state index in [4.69, 9.17) is 0 Å². The van der Waals surface area contributed by atoms with Crippen LogP contribution in [0.2, 0.25) is 0 Å². The second-order valence-electron chi connectivity index (χ2n) is 4.25. The molecule has 5 nitrogen and oxygen atoms in total. The summed E-state index contributed by atoms with van der Waals surface area (Å²) in [6, 6.07) is 6.04. The molecule has 0 aliphatic carbocycles. The van der Waals surface area contributed by atoms with Crippen molar-refractivity contribution in [3.8, 4) is 0 Å². The van der Waals surface area contributed by atoms with Gasteiger partial charge >= 0.3 is 0 Å².